The van der Waals surface area contributed by atoms with Gasteiger partial charge in [-0.3, -0.25) is 9.80 Å². The Morgan fingerprint density at radius 3 is 1.92 bits per heavy atom. The van der Waals surface area contributed by atoms with Crippen LogP contribution in [0.2, 0.25) is 0 Å². The van der Waals surface area contributed by atoms with Gasteiger partial charge in [0.25, 0.3) is 0 Å². The zero-order valence-electron chi connectivity index (χ0n) is 23.3. The highest BCUT2D eigenvalue weighted by molar-refractivity contribution is 5.92. The van der Waals surface area contributed by atoms with Crippen molar-refractivity contribution in [2.45, 2.75) is 57.5 Å². The molecule has 2 fully saturated rings. The van der Waals surface area contributed by atoms with Gasteiger partial charge in [-0.05, 0) is 86.7 Å². The SMILES string of the molecule is NC(=O)N(c1ccccc1CN1CCC(CCc2ccccc2)CC1)C1CCN(CCc2ccccc2)CC1. The lowest BCUT2D eigenvalue weighted by molar-refractivity contribution is 0.172. The molecule has 0 aromatic heterocycles. The monoisotopic (exact) mass is 524 g/mol. The summed E-state index contributed by atoms with van der Waals surface area (Å²) in [6.07, 6.45) is 7.92. The highest BCUT2D eigenvalue weighted by Gasteiger charge is 2.30. The van der Waals surface area contributed by atoms with E-state index in [4.69, 9.17) is 5.73 Å². The van der Waals surface area contributed by atoms with Gasteiger partial charge in [0, 0.05) is 32.2 Å². The third kappa shape index (κ3) is 7.71. The minimum atomic E-state index is -0.329. The number of urea groups is 1. The molecule has 5 nitrogen and oxygen atoms in total. The summed E-state index contributed by atoms with van der Waals surface area (Å²) >= 11 is 0. The summed E-state index contributed by atoms with van der Waals surface area (Å²) in [6.45, 7) is 6.17. The van der Waals surface area contributed by atoms with Crippen LogP contribution in [0.25, 0.3) is 0 Å². The number of aryl methyl sites for hydroxylation is 1. The first-order valence-corrected chi connectivity index (χ1v) is 14.8. The van der Waals surface area contributed by atoms with Gasteiger partial charge in [0.05, 0.1) is 5.69 Å². The highest BCUT2D eigenvalue weighted by atomic mass is 16.2. The van der Waals surface area contributed by atoms with E-state index < -0.39 is 0 Å². The van der Waals surface area contributed by atoms with Crippen LogP contribution in [0.5, 0.6) is 0 Å². The molecule has 0 atom stereocenters. The van der Waals surface area contributed by atoms with Gasteiger partial charge in [0.2, 0.25) is 0 Å². The minimum Gasteiger partial charge on any atom is -0.351 e. The van der Waals surface area contributed by atoms with Crippen LogP contribution < -0.4 is 10.6 Å². The molecule has 2 heterocycles. The maximum Gasteiger partial charge on any atom is 0.319 e. The number of likely N-dealkylation sites (tertiary alicyclic amines) is 2. The molecular formula is C34H44N4O. The van der Waals surface area contributed by atoms with Gasteiger partial charge in [-0.2, -0.15) is 0 Å². The van der Waals surface area contributed by atoms with Crippen LogP contribution in [0.15, 0.2) is 84.9 Å². The topological polar surface area (TPSA) is 52.8 Å². The second-order valence-electron chi connectivity index (χ2n) is 11.4. The van der Waals surface area contributed by atoms with Crippen molar-refractivity contribution in [2.24, 2.45) is 11.7 Å². The van der Waals surface area contributed by atoms with Crippen LogP contribution in [0.3, 0.4) is 0 Å². The molecule has 0 bridgehead atoms. The molecule has 0 aliphatic carbocycles. The van der Waals surface area contributed by atoms with Crippen LogP contribution in [-0.4, -0.2) is 54.6 Å². The lowest BCUT2D eigenvalue weighted by Gasteiger charge is -2.39. The quantitative estimate of drug-likeness (QED) is 0.347. The number of hydrogen-bond acceptors (Lipinski definition) is 3. The molecule has 0 saturated carbocycles. The molecule has 5 rings (SSSR count). The number of primary amides is 1. The number of anilines is 1. The molecule has 2 aliphatic heterocycles. The zero-order chi connectivity index (χ0) is 26.9. The largest absolute Gasteiger partial charge is 0.351 e. The van der Waals surface area contributed by atoms with Crippen molar-refractivity contribution in [1.29, 1.82) is 0 Å². The molecule has 206 valence electrons. The maximum absolute atomic E-state index is 12.8. The number of benzene rings is 3. The molecule has 0 spiro atoms. The van der Waals surface area contributed by atoms with E-state index in [1.807, 2.05) is 11.0 Å². The number of hydrogen-bond donors (Lipinski definition) is 1. The molecule has 0 unspecified atom stereocenters. The van der Waals surface area contributed by atoms with E-state index in [0.717, 1.165) is 70.1 Å². The minimum absolute atomic E-state index is 0.153. The van der Waals surface area contributed by atoms with Crippen LogP contribution >= 0.6 is 0 Å². The Morgan fingerprint density at radius 1 is 0.718 bits per heavy atom. The Balaban J connectivity index is 1.14. The van der Waals surface area contributed by atoms with Crippen LogP contribution in [0.4, 0.5) is 10.5 Å². The highest BCUT2D eigenvalue weighted by Crippen LogP contribution is 2.30. The predicted octanol–water partition coefficient (Wildman–Crippen LogP) is 6.12. The van der Waals surface area contributed by atoms with E-state index in [2.05, 4.69) is 88.7 Å². The van der Waals surface area contributed by atoms with Crippen molar-refractivity contribution >= 4 is 11.7 Å². The van der Waals surface area contributed by atoms with Gasteiger partial charge < -0.3 is 10.6 Å². The lowest BCUT2D eigenvalue weighted by atomic mass is 9.90. The van der Waals surface area contributed by atoms with Gasteiger partial charge in [-0.15, -0.1) is 0 Å². The number of para-hydroxylation sites is 1. The second-order valence-corrected chi connectivity index (χ2v) is 11.4. The summed E-state index contributed by atoms with van der Waals surface area (Å²) in [5.74, 6) is 0.797. The maximum atomic E-state index is 12.8. The number of carbonyl (C=O) groups is 1. The summed E-state index contributed by atoms with van der Waals surface area (Å²) < 4.78 is 0. The van der Waals surface area contributed by atoms with Gasteiger partial charge in [-0.25, -0.2) is 4.79 Å². The Hall–Kier alpha value is -3.15. The molecule has 2 N–H and O–H groups in total. The van der Waals surface area contributed by atoms with E-state index in [0.29, 0.717) is 0 Å². The zero-order valence-corrected chi connectivity index (χ0v) is 23.3. The first-order chi connectivity index (χ1) is 19.2. The molecule has 2 amide bonds. The molecular weight excluding hydrogens is 480 g/mol. The van der Waals surface area contributed by atoms with E-state index in [1.54, 1.807) is 0 Å². The Kier molecular flexibility index (Phi) is 9.68. The third-order valence-corrected chi connectivity index (χ3v) is 8.76. The predicted molar refractivity (Wildman–Crippen MR) is 161 cm³/mol. The van der Waals surface area contributed by atoms with Gasteiger partial charge in [0.1, 0.15) is 0 Å². The summed E-state index contributed by atoms with van der Waals surface area (Å²) in [4.78, 5) is 19.8. The molecule has 2 saturated heterocycles. The average molecular weight is 525 g/mol. The molecule has 39 heavy (non-hydrogen) atoms. The number of nitrogens with zero attached hydrogens (tertiary/aromatic N) is 3. The summed E-state index contributed by atoms with van der Waals surface area (Å²) in [6, 6.07) is 29.8. The molecule has 2 aliphatic rings. The number of nitrogens with two attached hydrogens (primary N) is 1. The number of carbonyl (C=O) groups excluding carboxylic acids is 1. The van der Waals surface area contributed by atoms with Crippen LogP contribution in [0.1, 0.15) is 48.8 Å². The average Bonchev–Trinajstić information content (AvgIpc) is 2.98. The van der Waals surface area contributed by atoms with Crippen molar-refractivity contribution in [3.8, 4) is 0 Å². The van der Waals surface area contributed by atoms with Crippen molar-refractivity contribution < 1.29 is 4.79 Å². The van der Waals surface area contributed by atoms with Gasteiger partial charge in [0.15, 0.2) is 0 Å². The van der Waals surface area contributed by atoms with Crippen LogP contribution in [0, 0.1) is 5.92 Å². The van der Waals surface area contributed by atoms with Crippen molar-refractivity contribution in [1.82, 2.24) is 9.80 Å². The van der Waals surface area contributed by atoms with Gasteiger partial charge in [-0.1, -0.05) is 78.9 Å². The van der Waals surface area contributed by atoms with E-state index >= 15 is 0 Å². The molecule has 0 radical (unpaired) electrons. The summed E-state index contributed by atoms with van der Waals surface area (Å²) in [7, 11) is 0. The summed E-state index contributed by atoms with van der Waals surface area (Å²) in [5, 5.41) is 0. The number of amides is 2. The standard InChI is InChI=1S/C34H44N4O/c35-34(39)38(32-20-25-36(26-21-32)22-17-29-11-5-2-6-12-29)33-14-8-7-13-31(33)27-37-23-18-30(19-24-37)16-15-28-9-3-1-4-10-28/h1-14,30,32H,15-27H2,(H2,35,39). The normalized spacial score (nSPS) is 17.7. The fourth-order valence-electron chi connectivity index (χ4n) is 6.40. The van der Waals surface area contributed by atoms with Crippen molar-refractivity contribution in [3.63, 3.8) is 0 Å². The lowest BCUT2D eigenvalue weighted by Crippen LogP contribution is -2.50. The fourth-order valence-corrected chi connectivity index (χ4v) is 6.40. The Labute approximate surface area is 234 Å². The molecule has 3 aromatic carbocycles. The number of rotatable bonds is 10. The Morgan fingerprint density at radius 2 is 1.28 bits per heavy atom. The number of piperidine rings is 2. The van der Waals surface area contributed by atoms with Crippen LogP contribution in [-0.2, 0) is 19.4 Å². The third-order valence-electron chi connectivity index (χ3n) is 8.76. The fraction of sp³-hybridized carbons (Fsp3) is 0.441. The first-order valence-electron chi connectivity index (χ1n) is 14.8. The van der Waals surface area contributed by atoms with E-state index in [-0.39, 0.29) is 12.1 Å². The van der Waals surface area contributed by atoms with Crippen molar-refractivity contribution in [3.05, 3.63) is 102 Å². The van der Waals surface area contributed by atoms with E-state index in [1.165, 1.54) is 42.4 Å². The summed E-state index contributed by atoms with van der Waals surface area (Å²) in [5.41, 5.74) is 11.1. The van der Waals surface area contributed by atoms with Gasteiger partial charge >= 0.3 is 6.03 Å². The molecule has 5 heteroatoms. The smallest absolute Gasteiger partial charge is 0.319 e. The second kappa shape index (κ2) is 13.8. The first kappa shape index (κ1) is 27.4. The van der Waals surface area contributed by atoms with E-state index in [9.17, 15) is 4.79 Å². The van der Waals surface area contributed by atoms with Crippen molar-refractivity contribution in [2.75, 3.05) is 37.6 Å². The molecule has 3 aromatic rings. The Bertz CT molecular complexity index is 1150.